The van der Waals surface area contributed by atoms with Crippen LogP contribution in [0, 0.1) is 5.82 Å². The van der Waals surface area contributed by atoms with Crippen molar-refractivity contribution >= 4 is 17.3 Å². The lowest BCUT2D eigenvalue weighted by Gasteiger charge is -2.06. The van der Waals surface area contributed by atoms with Gasteiger partial charge in [0.15, 0.2) is 0 Å². The quantitative estimate of drug-likeness (QED) is 0.911. The van der Waals surface area contributed by atoms with Crippen LogP contribution in [0.1, 0.15) is 25.6 Å². The molecule has 0 aliphatic heterocycles. The van der Waals surface area contributed by atoms with Gasteiger partial charge in [0.1, 0.15) is 5.82 Å². The summed E-state index contributed by atoms with van der Waals surface area (Å²) in [6.07, 6.45) is 1.93. The van der Waals surface area contributed by atoms with Crippen LogP contribution in [0.2, 0.25) is 5.02 Å². The first-order valence-corrected chi connectivity index (χ1v) is 6.17. The van der Waals surface area contributed by atoms with Gasteiger partial charge in [0.25, 0.3) is 0 Å². The molecule has 0 fully saturated rings. The minimum Gasteiger partial charge on any atom is -0.379 e. The van der Waals surface area contributed by atoms with Crippen molar-refractivity contribution in [2.45, 2.75) is 26.4 Å². The molecule has 5 heteroatoms. The van der Waals surface area contributed by atoms with Gasteiger partial charge in [-0.25, -0.2) is 4.39 Å². The van der Waals surface area contributed by atoms with Gasteiger partial charge in [-0.15, -0.1) is 0 Å². The van der Waals surface area contributed by atoms with Crippen molar-refractivity contribution in [3.05, 3.63) is 47.0 Å². The Kier molecular flexibility index (Phi) is 3.87. The van der Waals surface area contributed by atoms with Crippen LogP contribution in [-0.4, -0.2) is 9.78 Å². The minimum absolute atomic E-state index is 0.129. The maximum atomic E-state index is 13.2. The van der Waals surface area contributed by atoms with Crippen LogP contribution in [0.15, 0.2) is 30.5 Å². The second-order valence-corrected chi connectivity index (χ2v) is 4.77. The monoisotopic (exact) mass is 267 g/mol. The van der Waals surface area contributed by atoms with Gasteiger partial charge in [-0.1, -0.05) is 11.6 Å². The highest BCUT2D eigenvalue weighted by Gasteiger charge is 2.03. The molecule has 0 aliphatic rings. The highest BCUT2D eigenvalue weighted by atomic mass is 35.5. The van der Waals surface area contributed by atoms with Gasteiger partial charge in [-0.3, -0.25) is 4.68 Å². The molecule has 96 valence electrons. The predicted molar refractivity (Wildman–Crippen MR) is 71.3 cm³/mol. The lowest BCUT2D eigenvalue weighted by atomic mass is 10.3. The number of hydrogen-bond acceptors (Lipinski definition) is 2. The summed E-state index contributed by atoms with van der Waals surface area (Å²) in [5, 5.41) is 7.64. The Morgan fingerprint density at radius 1 is 1.39 bits per heavy atom. The summed E-state index contributed by atoms with van der Waals surface area (Å²) in [7, 11) is 0. The molecule has 2 aromatic rings. The Hall–Kier alpha value is -1.55. The van der Waals surface area contributed by atoms with Crippen molar-refractivity contribution in [1.82, 2.24) is 9.78 Å². The lowest BCUT2D eigenvalue weighted by molar-refractivity contribution is 0.527. The zero-order valence-electron chi connectivity index (χ0n) is 10.3. The second-order valence-electron chi connectivity index (χ2n) is 4.36. The van der Waals surface area contributed by atoms with E-state index in [0.29, 0.717) is 18.3 Å². The molecular weight excluding hydrogens is 253 g/mol. The summed E-state index contributed by atoms with van der Waals surface area (Å²) in [4.78, 5) is 0. The molecule has 0 radical (unpaired) electrons. The van der Waals surface area contributed by atoms with Gasteiger partial charge >= 0.3 is 0 Å². The largest absolute Gasteiger partial charge is 0.379 e. The maximum Gasteiger partial charge on any atom is 0.143 e. The molecule has 2 rings (SSSR count). The molecule has 1 aromatic carbocycles. The molecule has 0 unspecified atom stereocenters. The van der Waals surface area contributed by atoms with Crippen LogP contribution in [0.5, 0.6) is 0 Å². The van der Waals surface area contributed by atoms with E-state index in [1.807, 2.05) is 16.9 Å². The van der Waals surface area contributed by atoms with Gasteiger partial charge in [0.05, 0.1) is 17.3 Å². The van der Waals surface area contributed by atoms with E-state index in [4.69, 9.17) is 11.6 Å². The fourth-order valence-electron chi connectivity index (χ4n) is 1.56. The lowest BCUT2D eigenvalue weighted by Crippen LogP contribution is -2.04. The SMILES string of the molecule is CC(C)n1ccc(CNc2ccc(Cl)c(F)c2)n1. The molecule has 1 N–H and O–H groups in total. The number of halogens is 2. The molecule has 0 bridgehead atoms. The first kappa shape index (κ1) is 12.9. The number of nitrogens with zero attached hydrogens (tertiary/aromatic N) is 2. The molecule has 1 heterocycles. The van der Waals surface area contributed by atoms with Crippen molar-refractivity contribution in [1.29, 1.82) is 0 Å². The van der Waals surface area contributed by atoms with Crippen LogP contribution >= 0.6 is 11.6 Å². The first-order valence-electron chi connectivity index (χ1n) is 5.79. The molecule has 1 aromatic heterocycles. The van der Waals surface area contributed by atoms with Crippen molar-refractivity contribution in [2.24, 2.45) is 0 Å². The van der Waals surface area contributed by atoms with Crippen molar-refractivity contribution in [2.75, 3.05) is 5.32 Å². The number of rotatable bonds is 4. The average Bonchev–Trinajstić information content (AvgIpc) is 2.79. The summed E-state index contributed by atoms with van der Waals surface area (Å²) >= 11 is 5.62. The normalized spacial score (nSPS) is 10.9. The Morgan fingerprint density at radius 3 is 2.78 bits per heavy atom. The van der Waals surface area contributed by atoms with E-state index in [-0.39, 0.29) is 5.02 Å². The molecule has 3 nitrogen and oxygen atoms in total. The number of nitrogens with one attached hydrogen (secondary N) is 1. The van der Waals surface area contributed by atoms with Gasteiger partial charge in [0, 0.05) is 17.9 Å². The number of aromatic nitrogens is 2. The number of benzene rings is 1. The fraction of sp³-hybridized carbons (Fsp3) is 0.308. The number of hydrogen-bond donors (Lipinski definition) is 1. The average molecular weight is 268 g/mol. The van der Waals surface area contributed by atoms with Crippen LogP contribution in [0.3, 0.4) is 0 Å². The third kappa shape index (κ3) is 3.01. The molecule has 0 saturated carbocycles. The van der Waals surface area contributed by atoms with Gasteiger partial charge in [-0.05, 0) is 38.1 Å². The molecule has 0 spiro atoms. The minimum atomic E-state index is -0.422. The van der Waals surface area contributed by atoms with E-state index in [0.717, 1.165) is 5.69 Å². The van der Waals surface area contributed by atoms with E-state index in [1.165, 1.54) is 12.1 Å². The van der Waals surface area contributed by atoms with Crippen molar-refractivity contribution in [3.8, 4) is 0 Å². The third-order valence-electron chi connectivity index (χ3n) is 2.59. The molecule has 0 amide bonds. The Bertz CT molecular complexity index is 537. The van der Waals surface area contributed by atoms with Crippen LogP contribution in [0.4, 0.5) is 10.1 Å². The van der Waals surface area contributed by atoms with Gasteiger partial charge < -0.3 is 5.32 Å². The van der Waals surface area contributed by atoms with Crippen molar-refractivity contribution in [3.63, 3.8) is 0 Å². The molecule has 0 saturated heterocycles. The molecule has 18 heavy (non-hydrogen) atoms. The number of anilines is 1. The predicted octanol–water partition coefficient (Wildman–Crippen LogP) is 3.87. The van der Waals surface area contributed by atoms with E-state index in [2.05, 4.69) is 24.3 Å². The van der Waals surface area contributed by atoms with Gasteiger partial charge in [-0.2, -0.15) is 5.10 Å². The van der Waals surface area contributed by atoms with E-state index >= 15 is 0 Å². The zero-order chi connectivity index (χ0) is 13.1. The third-order valence-corrected chi connectivity index (χ3v) is 2.89. The molecular formula is C13H15ClFN3. The van der Waals surface area contributed by atoms with Crippen molar-refractivity contribution < 1.29 is 4.39 Å². The summed E-state index contributed by atoms with van der Waals surface area (Å²) in [6.45, 7) is 4.69. The maximum absolute atomic E-state index is 13.2. The molecule has 0 aliphatic carbocycles. The Labute approximate surface area is 111 Å². The Morgan fingerprint density at radius 2 is 2.17 bits per heavy atom. The van der Waals surface area contributed by atoms with E-state index in [1.54, 1.807) is 6.07 Å². The van der Waals surface area contributed by atoms with E-state index < -0.39 is 5.82 Å². The standard InChI is InChI=1S/C13H15ClFN3/c1-9(2)18-6-5-11(17-18)8-16-10-3-4-12(14)13(15)7-10/h3-7,9,16H,8H2,1-2H3. The van der Waals surface area contributed by atoms with E-state index in [9.17, 15) is 4.39 Å². The van der Waals surface area contributed by atoms with Gasteiger partial charge in [0.2, 0.25) is 0 Å². The highest BCUT2D eigenvalue weighted by molar-refractivity contribution is 6.30. The summed E-state index contributed by atoms with van der Waals surface area (Å²) < 4.78 is 15.1. The van der Waals surface area contributed by atoms with Crippen LogP contribution < -0.4 is 5.32 Å². The zero-order valence-corrected chi connectivity index (χ0v) is 11.1. The summed E-state index contributed by atoms with van der Waals surface area (Å²) in [5.74, 6) is -0.422. The van der Waals surface area contributed by atoms with Crippen LogP contribution in [0.25, 0.3) is 0 Å². The fourth-order valence-corrected chi connectivity index (χ4v) is 1.68. The topological polar surface area (TPSA) is 29.9 Å². The smallest absolute Gasteiger partial charge is 0.143 e. The summed E-state index contributed by atoms with van der Waals surface area (Å²) in [6, 6.07) is 6.93. The van der Waals surface area contributed by atoms with Crippen LogP contribution in [-0.2, 0) is 6.54 Å². The highest BCUT2D eigenvalue weighted by Crippen LogP contribution is 2.19. The Balaban J connectivity index is 2.00. The summed E-state index contributed by atoms with van der Waals surface area (Å²) in [5.41, 5.74) is 1.61. The molecule has 0 atom stereocenters. The first-order chi connectivity index (χ1) is 8.56. The second kappa shape index (κ2) is 5.40.